The maximum absolute atomic E-state index is 6.02. The lowest BCUT2D eigenvalue weighted by molar-refractivity contribution is 0.376. The molecule has 1 aromatic rings. The van der Waals surface area contributed by atoms with Crippen LogP contribution in [0.3, 0.4) is 0 Å². The maximum atomic E-state index is 6.02. The van der Waals surface area contributed by atoms with Gasteiger partial charge in [0.15, 0.2) is 0 Å². The van der Waals surface area contributed by atoms with E-state index in [4.69, 9.17) is 23.2 Å². The third-order valence-electron chi connectivity index (χ3n) is 3.65. The molecule has 1 N–H and O–H groups in total. The van der Waals surface area contributed by atoms with Crippen molar-refractivity contribution >= 4 is 23.2 Å². The summed E-state index contributed by atoms with van der Waals surface area (Å²) >= 11 is 11.9. The zero-order valence-electron chi connectivity index (χ0n) is 9.69. The van der Waals surface area contributed by atoms with Crippen LogP contribution in [0.5, 0.6) is 0 Å². The van der Waals surface area contributed by atoms with Crippen molar-refractivity contribution in [3.8, 4) is 0 Å². The fraction of sp³-hybridized carbons (Fsp3) is 0.538. The van der Waals surface area contributed by atoms with Gasteiger partial charge < -0.3 is 5.32 Å². The van der Waals surface area contributed by atoms with Crippen molar-refractivity contribution in [2.75, 3.05) is 7.05 Å². The van der Waals surface area contributed by atoms with Gasteiger partial charge >= 0.3 is 0 Å². The molecule has 0 heterocycles. The second-order valence-corrected chi connectivity index (χ2v) is 5.76. The lowest BCUT2D eigenvalue weighted by Crippen LogP contribution is -2.35. The molecular formula is C13H17Cl2N. The van der Waals surface area contributed by atoms with Gasteiger partial charge in [-0.2, -0.15) is 0 Å². The highest BCUT2D eigenvalue weighted by atomic mass is 35.5. The molecule has 1 aliphatic rings. The minimum absolute atomic E-state index is 0.473. The lowest BCUT2D eigenvalue weighted by atomic mass is 9.92. The Balaban J connectivity index is 2.10. The van der Waals surface area contributed by atoms with Gasteiger partial charge in [0.2, 0.25) is 0 Å². The van der Waals surface area contributed by atoms with Crippen LogP contribution in [-0.2, 0) is 6.42 Å². The van der Waals surface area contributed by atoms with E-state index in [2.05, 4.69) is 18.3 Å². The average molecular weight is 258 g/mol. The summed E-state index contributed by atoms with van der Waals surface area (Å²) in [5.74, 6) is 0. The van der Waals surface area contributed by atoms with Crippen LogP contribution in [0.2, 0.25) is 10.0 Å². The molecule has 1 saturated carbocycles. The van der Waals surface area contributed by atoms with Gasteiger partial charge in [-0.25, -0.2) is 0 Å². The van der Waals surface area contributed by atoms with Crippen LogP contribution in [0.15, 0.2) is 18.2 Å². The molecule has 1 nitrogen and oxygen atoms in total. The van der Waals surface area contributed by atoms with E-state index >= 15 is 0 Å². The Kier molecular flexibility index (Phi) is 3.48. The fourth-order valence-electron chi connectivity index (χ4n) is 2.14. The molecule has 0 aromatic heterocycles. The van der Waals surface area contributed by atoms with Crippen molar-refractivity contribution in [2.24, 2.45) is 5.41 Å². The van der Waals surface area contributed by atoms with E-state index in [-0.39, 0.29) is 0 Å². The molecule has 0 amide bonds. The Morgan fingerprint density at radius 2 is 2.00 bits per heavy atom. The van der Waals surface area contributed by atoms with E-state index in [1.807, 2.05) is 19.2 Å². The first-order chi connectivity index (χ1) is 7.55. The number of hydrogen-bond donors (Lipinski definition) is 1. The van der Waals surface area contributed by atoms with Crippen molar-refractivity contribution in [2.45, 2.75) is 32.2 Å². The van der Waals surface area contributed by atoms with Crippen LogP contribution >= 0.6 is 23.2 Å². The Labute approximate surface area is 107 Å². The molecule has 3 heteroatoms. The molecule has 2 rings (SSSR count). The van der Waals surface area contributed by atoms with Crippen LogP contribution < -0.4 is 5.32 Å². The largest absolute Gasteiger partial charge is 0.316 e. The minimum atomic E-state index is 0.473. The third-order valence-corrected chi connectivity index (χ3v) is 4.39. The van der Waals surface area contributed by atoms with E-state index < -0.39 is 0 Å². The van der Waals surface area contributed by atoms with Gasteiger partial charge in [0.25, 0.3) is 0 Å². The normalized spacial score (nSPS) is 19.5. The minimum Gasteiger partial charge on any atom is -0.316 e. The van der Waals surface area contributed by atoms with Gasteiger partial charge in [-0.15, -0.1) is 0 Å². The van der Waals surface area contributed by atoms with Gasteiger partial charge in [-0.3, -0.25) is 0 Å². The van der Waals surface area contributed by atoms with Crippen LogP contribution in [-0.4, -0.2) is 13.1 Å². The second kappa shape index (κ2) is 4.56. The number of hydrogen-bond acceptors (Lipinski definition) is 1. The molecule has 1 atom stereocenters. The Morgan fingerprint density at radius 1 is 1.31 bits per heavy atom. The molecule has 0 radical (unpaired) electrons. The highest BCUT2D eigenvalue weighted by Crippen LogP contribution is 2.48. The van der Waals surface area contributed by atoms with Crippen LogP contribution in [0, 0.1) is 5.41 Å². The first-order valence-electron chi connectivity index (χ1n) is 5.66. The van der Waals surface area contributed by atoms with Crippen LogP contribution in [0.4, 0.5) is 0 Å². The Hall–Kier alpha value is -0.240. The van der Waals surface area contributed by atoms with Gasteiger partial charge in [-0.05, 0) is 49.4 Å². The van der Waals surface area contributed by atoms with E-state index in [0.29, 0.717) is 21.5 Å². The number of halogens is 2. The van der Waals surface area contributed by atoms with Crippen molar-refractivity contribution < 1.29 is 0 Å². The van der Waals surface area contributed by atoms with E-state index in [1.165, 1.54) is 18.4 Å². The lowest BCUT2D eigenvalue weighted by Gasteiger charge is -2.23. The molecule has 1 fully saturated rings. The van der Waals surface area contributed by atoms with Gasteiger partial charge in [0.05, 0.1) is 10.0 Å². The Bertz CT molecular complexity index is 386. The average Bonchev–Trinajstić information content (AvgIpc) is 2.99. The number of nitrogens with one attached hydrogen (secondary N) is 1. The summed E-state index contributed by atoms with van der Waals surface area (Å²) in [5, 5.41) is 4.69. The van der Waals surface area contributed by atoms with E-state index in [1.54, 1.807) is 0 Å². The number of rotatable bonds is 4. The quantitative estimate of drug-likeness (QED) is 0.863. The monoisotopic (exact) mass is 257 g/mol. The molecule has 1 aromatic carbocycles. The summed E-state index contributed by atoms with van der Waals surface area (Å²) in [4.78, 5) is 0. The number of benzene rings is 1. The second-order valence-electron chi connectivity index (χ2n) is 4.95. The molecular weight excluding hydrogens is 241 g/mol. The molecule has 0 bridgehead atoms. The highest BCUT2D eigenvalue weighted by Gasteiger charge is 2.43. The molecule has 0 saturated heterocycles. The summed E-state index contributed by atoms with van der Waals surface area (Å²) in [6, 6.07) is 6.44. The number of likely N-dealkylation sites (N-methyl/N-ethyl adjacent to an activating group) is 1. The predicted molar refractivity (Wildman–Crippen MR) is 70.4 cm³/mol. The van der Waals surface area contributed by atoms with Gasteiger partial charge in [-0.1, -0.05) is 36.2 Å². The summed E-state index contributed by atoms with van der Waals surface area (Å²) in [6.45, 7) is 2.34. The van der Waals surface area contributed by atoms with Crippen molar-refractivity contribution in [3.63, 3.8) is 0 Å². The zero-order chi connectivity index (χ0) is 11.8. The molecule has 16 heavy (non-hydrogen) atoms. The van der Waals surface area contributed by atoms with Crippen molar-refractivity contribution in [1.82, 2.24) is 5.32 Å². The van der Waals surface area contributed by atoms with E-state index in [0.717, 1.165) is 6.42 Å². The molecule has 1 unspecified atom stereocenters. The smallest absolute Gasteiger partial charge is 0.0595 e. The maximum Gasteiger partial charge on any atom is 0.0595 e. The van der Waals surface area contributed by atoms with Crippen LogP contribution in [0.1, 0.15) is 25.3 Å². The van der Waals surface area contributed by atoms with E-state index in [9.17, 15) is 0 Å². The first kappa shape index (κ1) is 12.2. The molecule has 88 valence electrons. The Morgan fingerprint density at radius 3 is 2.50 bits per heavy atom. The zero-order valence-corrected chi connectivity index (χ0v) is 11.2. The summed E-state index contributed by atoms with van der Waals surface area (Å²) in [5.41, 5.74) is 1.72. The summed E-state index contributed by atoms with van der Waals surface area (Å²) < 4.78 is 0. The SMILES string of the molecule is CNC(Cc1ccc(Cl)c(Cl)c1)C1(C)CC1. The van der Waals surface area contributed by atoms with Crippen molar-refractivity contribution in [1.29, 1.82) is 0 Å². The molecule has 0 spiro atoms. The molecule has 1 aliphatic carbocycles. The fourth-order valence-corrected chi connectivity index (χ4v) is 2.47. The highest BCUT2D eigenvalue weighted by molar-refractivity contribution is 6.42. The van der Waals surface area contributed by atoms with Gasteiger partial charge in [0.1, 0.15) is 0 Å². The third kappa shape index (κ3) is 2.53. The van der Waals surface area contributed by atoms with Crippen LogP contribution in [0.25, 0.3) is 0 Å². The van der Waals surface area contributed by atoms with Crippen molar-refractivity contribution in [3.05, 3.63) is 33.8 Å². The standard InChI is InChI=1S/C13H17Cl2N/c1-13(5-6-13)12(16-2)8-9-3-4-10(14)11(15)7-9/h3-4,7,12,16H,5-6,8H2,1-2H3. The summed E-state index contributed by atoms with van der Waals surface area (Å²) in [7, 11) is 2.03. The molecule has 0 aliphatic heterocycles. The predicted octanol–water partition coefficient (Wildman–Crippen LogP) is 3.92. The topological polar surface area (TPSA) is 12.0 Å². The first-order valence-corrected chi connectivity index (χ1v) is 6.42. The summed E-state index contributed by atoms with van der Waals surface area (Å²) in [6.07, 6.45) is 3.66. The van der Waals surface area contributed by atoms with Gasteiger partial charge in [0, 0.05) is 6.04 Å².